The van der Waals surface area contributed by atoms with E-state index in [1.165, 1.54) is 5.56 Å². The summed E-state index contributed by atoms with van der Waals surface area (Å²) < 4.78 is 0. The molecule has 0 amide bonds. The van der Waals surface area contributed by atoms with Gasteiger partial charge in [-0.15, -0.1) is 0 Å². The molecule has 0 saturated carbocycles. The Hall–Kier alpha value is -2.42. The molecule has 0 spiro atoms. The number of pyridine rings is 1. The molecule has 1 aromatic heterocycles. The predicted octanol–water partition coefficient (Wildman–Crippen LogP) is 4.07. The number of nitrogens with zero attached hydrogens (tertiary/aromatic N) is 2. The van der Waals surface area contributed by atoms with Crippen molar-refractivity contribution in [3.63, 3.8) is 0 Å². The van der Waals surface area contributed by atoms with E-state index in [0.29, 0.717) is 5.82 Å². The van der Waals surface area contributed by atoms with Crippen molar-refractivity contribution in [2.24, 2.45) is 4.99 Å². The molecule has 3 nitrogen and oxygen atoms in total. The Morgan fingerprint density at radius 3 is 2.95 bits per heavy atom. The zero-order chi connectivity index (χ0) is 13.7. The standard InChI is InChI=1S/C16H17N3/c1-4-5-10-17-13(3)18-16-11-12(2)14-8-6-7-9-15(14)19-16/h4-11H,3H2,1-2H3,(H,18,19)/b5-4-,17-10-. The number of benzene rings is 1. The Bertz CT molecular complexity index is 654. The number of para-hydroxylation sites is 1. The van der Waals surface area contributed by atoms with Crippen LogP contribution in [0.5, 0.6) is 0 Å². The molecule has 1 N–H and O–H groups in total. The van der Waals surface area contributed by atoms with Gasteiger partial charge in [-0.1, -0.05) is 30.9 Å². The highest BCUT2D eigenvalue weighted by atomic mass is 15.1. The van der Waals surface area contributed by atoms with Crippen LogP contribution in [0.1, 0.15) is 12.5 Å². The van der Waals surface area contributed by atoms with E-state index >= 15 is 0 Å². The summed E-state index contributed by atoms with van der Waals surface area (Å²) in [5, 5.41) is 4.26. The van der Waals surface area contributed by atoms with E-state index in [0.717, 1.165) is 16.7 Å². The van der Waals surface area contributed by atoms with E-state index in [4.69, 9.17) is 0 Å². The van der Waals surface area contributed by atoms with Gasteiger partial charge in [-0.05, 0) is 37.6 Å². The Kier molecular flexibility index (Phi) is 4.08. The maximum Gasteiger partial charge on any atom is 0.132 e. The smallest absolute Gasteiger partial charge is 0.132 e. The summed E-state index contributed by atoms with van der Waals surface area (Å²) >= 11 is 0. The monoisotopic (exact) mass is 251 g/mol. The summed E-state index contributed by atoms with van der Waals surface area (Å²) in [5.41, 5.74) is 2.15. The molecule has 3 heteroatoms. The quantitative estimate of drug-likeness (QED) is 0.831. The number of hydrogen-bond acceptors (Lipinski definition) is 3. The van der Waals surface area contributed by atoms with Gasteiger partial charge >= 0.3 is 0 Å². The number of allylic oxidation sites excluding steroid dienone is 2. The summed E-state index contributed by atoms with van der Waals surface area (Å²) in [4.78, 5) is 8.70. The number of aromatic nitrogens is 1. The molecule has 0 fully saturated rings. The van der Waals surface area contributed by atoms with Crippen LogP contribution in [-0.2, 0) is 0 Å². The number of nitrogens with one attached hydrogen (secondary N) is 1. The van der Waals surface area contributed by atoms with Crippen LogP contribution in [0.25, 0.3) is 10.9 Å². The van der Waals surface area contributed by atoms with Crippen LogP contribution < -0.4 is 5.32 Å². The van der Waals surface area contributed by atoms with Crippen molar-refractivity contribution in [1.29, 1.82) is 0 Å². The van der Waals surface area contributed by atoms with Crippen molar-refractivity contribution in [2.45, 2.75) is 13.8 Å². The molecule has 0 aliphatic carbocycles. The maximum absolute atomic E-state index is 4.54. The van der Waals surface area contributed by atoms with Gasteiger partial charge in [-0.2, -0.15) is 0 Å². The van der Waals surface area contributed by atoms with Crippen LogP contribution in [-0.4, -0.2) is 11.2 Å². The highest BCUT2D eigenvalue weighted by Crippen LogP contribution is 2.20. The molecule has 2 rings (SSSR count). The number of rotatable bonds is 4. The topological polar surface area (TPSA) is 37.3 Å². The predicted molar refractivity (Wildman–Crippen MR) is 82.5 cm³/mol. The van der Waals surface area contributed by atoms with Crippen molar-refractivity contribution in [1.82, 2.24) is 4.98 Å². The van der Waals surface area contributed by atoms with E-state index in [2.05, 4.69) is 34.9 Å². The lowest BCUT2D eigenvalue weighted by atomic mass is 10.1. The molecule has 1 heterocycles. The zero-order valence-electron chi connectivity index (χ0n) is 11.2. The van der Waals surface area contributed by atoms with E-state index in [1.54, 1.807) is 6.21 Å². The molecule has 0 aliphatic heterocycles. The molecule has 96 valence electrons. The number of aryl methyl sites for hydroxylation is 1. The summed E-state index contributed by atoms with van der Waals surface area (Å²) in [6.45, 7) is 7.86. The van der Waals surface area contributed by atoms with Gasteiger partial charge in [0, 0.05) is 11.6 Å². The average Bonchev–Trinajstić information content (AvgIpc) is 2.39. The van der Waals surface area contributed by atoms with Gasteiger partial charge in [0.15, 0.2) is 0 Å². The van der Waals surface area contributed by atoms with Crippen LogP contribution in [0.2, 0.25) is 0 Å². The van der Waals surface area contributed by atoms with Gasteiger partial charge in [0.2, 0.25) is 0 Å². The second kappa shape index (κ2) is 5.96. The van der Waals surface area contributed by atoms with E-state index < -0.39 is 0 Å². The SMILES string of the molecule is C=C(/N=C\C=C/C)Nc1cc(C)c2ccccc2n1. The fraction of sp³-hybridized carbons (Fsp3) is 0.125. The normalized spacial score (nSPS) is 11.5. The summed E-state index contributed by atoms with van der Waals surface area (Å²) in [5.74, 6) is 1.33. The fourth-order valence-electron chi connectivity index (χ4n) is 1.81. The first-order valence-electron chi connectivity index (χ1n) is 6.18. The molecule has 0 atom stereocenters. The highest BCUT2D eigenvalue weighted by molar-refractivity contribution is 5.84. The number of anilines is 1. The van der Waals surface area contributed by atoms with Crippen molar-refractivity contribution in [2.75, 3.05) is 5.32 Å². The van der Waals surface area contributed by atoms with Crippen LogP contribution in [0.15, 0.2) is 59.9 Å². The van der Waals surface area contributed by atoms with Crippen LogP contribution in [0, 0.1) is 6.92 Å². The van der Waals surface area contributed by atoms with Crippen LogP contribution in [0.4, 0.5) is 5.82 Å². The third kappa shape index (κ3) is 3.28. The number of fused-ring (bicyclic) bond motifs is 1. The minimum Gasteiger partial charge on any atom is -0.325 e. The fourth-order valence-corrected chi connectivity index (χ4v) is 1.81. The molecule has 1 aromatic carbocycles. The Labute approximate surface area is 113 Å². The van der Waals surface area contributed by atoms with Crippen LogP contribution in [0.3, 0.4) is 0 Å². The van der Waals surface area contributed by atoms with Crippen molar-refractivity contribution < 1.29 is 0 Å². The largest absolute Gasteiger partial charge is 0.325 e. The van der Waals surface area contributed by atoms with Crippen molar-refractivity contribution in [3.8, 4) is 0 Å². The Balaban J connectivity index is 2.24. The number of aliphatic imine (C=N–C) groups is 1. The second-order valence-electron chi connectivity index (χ2n) is 4.22. The Morgan fingerprint density at radius 2 is 2.16 bits per heavy atom. The lowest BCUT2D eigenvalue weighted by Crippen LogP contribution is -1.99. The van der Waals surface area contributed by atoms with Gasteiger partial charge in [-0.25, -0.2) is 9.98 Å². The maximum atomic E-state index is 4.54. The van der Waals surface area contributed by atoms with Gasteiger partial charge < -0.3 is 5.32 Å². The third-order valence-corrected chi connectivity index (χ3v) is 2.70. The van der Waals surface area contributed by atoms with Gasteiger partial charge in [-0.3, -0.25) is 0 Å². The summed E-state index contributed by atoms with van der Waals surface area (Å²) in [6.07, 6.45) is 5.46. The lowest BCUT2D eigenvalue weighted by Gasteiger charge is -2.08. The summed E-state index contributed by atoms with van der Waals surface area (Å²) in [7, 11) is 0. The van der Waals surface area contributed by atoms with Gasteiger partial charge in [0.1, 0.15) is 11.6 Å². The lowest BCUT2D eigenvalue weighted by molar-refractivity contribution is 1.26. The zero-order valence-corrected chi connectivity index (χ0v) is 11.2. The van der Waals surface area contributed by atoms with E-state index in [-0.39, 0.29) is 0 Å². The second-order valence-corrected chi connectivity index (χ2v) is 4.22. The molecular formula is C16H17N3. The highest BCUT2D eigenvalue weighted by Gasteiger charge is 2.02. The third-order valence-electron chi connectivity index (χ3n) is 2.70. The molecule has 0 bridgehead atoms. The number of hydrogen-bond donors (Lipinski definition) is 1. The van der Waals surface area contributed by atoms with Crippen molar-refractivity contribution >= 4 is 22.9 Å². The molecular weight excluding hydrogens is 234 g/mol. The first kappa shape index (κ1) is 13.0. The molecule has 0 radical (unpaired) electrons. The van der Waals surface area contributed by atoms with Gasteiger partial charge in [0.05, 0.1) is 5.52 Å². The van der Waals surface area contributed by atoms with E-state index in [9.17, 15) is 0 Å². The minimum atomic E-state index is 0.570. The minimum absolute atomic E-state index is 0.570. The van der Waals surface area contributed by atoms with Crippen molar-refractivity contribution in [3.05, 3.63) is 60.4 Å². The molecule has 2 aromatic rings. The first-order valence-corrected chi connectivity index (χ1v) is 6.18. The average molecular weight is 251 g/mol. The summed E-state index contributed by atoms with van der Waals surface area (Å²) in [6, 6.07) is 10.1. The van der Waals surface area contributed by atoms with Crippen LogP contribution >= 0.6 is 0 Å². The van der Waals surface area contributed by atoms with Gasteiger partial charge in [0.25, 0.3) is 0 Å². The Morgan fingerprint density at radius 1 is 1.37 bits per heavy atom. The molecule has 0 unspecified atom stereocenters. The molecule has 0 aliphatic rings. The first-order chi connectivity index (χ1) is 9.20. The molecule has 19 heavy (non-hydrogen) atoms. The molecule has 0 saturated heterocycles. The van der Waals surface area contributed by atoms with E-state index in [1.807, 2.05) is 43.3 Å².